The van der Waals surface area contributed by atoms with Gasteiger partial charge in [-0.25, -0.2) is 0 Å². The van der Waals surface area contributed by atoms with Gasteiger partial charge in [-0.15, -0.1) is 0 Å². The predicted octanol–water partition coefficient (Wildman–Crippen LogP) is 6.82. The lowest BCUT2D eigenvalue weighted by atomic mass is 9.96. The third kappa shape index (κ3) is 4.92. The molecule has 0 saturated carbocycles. The van der Waals surface area contributed by atoms with Crippen molar-refractivity contribution >= 4 is 29.1 Å². The number of aromatic nitrogens is 1. The van der Waals surface area contributed by atoms with Gasteiger partial charge in [-0.05, 0) is 67.4 Å². The van der Waals surface area contributed by atoms with E-state index in [-0.39, 0.29) is 24.4 Å². The Bertz CT molecular complexity index is 1430. The lowest BCUT2D eigenvalue weighted by Gasteiger charge is -2.39. The zero-order valence-corrected chi connectivity index (χ0v) is 21.9. The van der Waals surface area contributed by atoms with Gasteiger partial charge in [0.1, 0.15) is 12.6 Å². The number of anilines is 1. The summed E-state index contributed by atoms with van der Waals surface area (Å²) in [5.41, 5.74) is 5.48. The highest BCUT2D eigenvalue weighted by Gasteiger charge is 2.37. The van der Waals surface area contributed by atoms with Crippen LogP contribution in [0.15, 0.2) is 91.1 Å². The Morgan fingerprint density at radius 1 is 0.919 bits per heavy atom. The molecule has 0 saturated heterocycles. The van der Waals surface area contributed by atoms with Gasteiger partial charge in [0.15, 0.2) is 0 Å². The SMILES string of the molecule is CCCCN(CC(=O)N1c2ccccc2-n2cccc2C1c1cccc(C)c1)C(=O)c1ccc(Cl)cc1. The van der Waals surface area contributed by atoms with Crippen molar-refractivity contribution in [2.24, 2.45) is 0 Å². The summed E-state index contributed by atoms with van der Waals surface area (Å²) in [5.74, 6) is -0.288. The summed E-state index contributed by atoms with van der Waals surface area (Å²) < 4.78 is 2.15. The molecule has 0 aliphatic carbocycles. The first-order chi connectivity index (χ1) is 18.0. The lowest BCUT2D eigenvalue weighted by molar-refractivity contribution is -0.119. The Balaban J connectivity index is 1.55. The van der Waals surface area contributed by atoms with Crippen molar-refractivity contribution < 1.29 is 9.59 Å². The van der Waals surface area contributed by atoms with E-state index in [1.807, 2.05) is 47.5 Å². The van der Waals surface area contributed by atoms with Gasteiger partial charge in [-0.1, -0.05) is 66.9 Å². The van der Waals surface area contributed by atoms with E-state index in [1.165, 1.54) is 0 Å². The van der Waals surface area contributed by atoms with Crippen LogP contribution in [0, 0.1) is 6.92 Å². The first-order valence-corrected chi connectivity index (χ1v) is 13.1. The largest absolute Gasteiger partial charge is 0.329 e. The molecule has 0 bridgehead atoms. The molecule has 37 heavy (non-hydrogen) atoms. The molecular formula is C31H30ClN3O2. The van der Waals surface area contributed by atoms with Crippen molar-refractivity contribution in [1.29, 1.82) is 0 Å². The van der Waals surface area contributed by atoms with Gasteiger partial charge in [-0.3, -0.25) is 14.5 Å². The van der Waals surface area contributed by atoms with Crippen molar-refractivity contribution in [2.45, 2.75) is 32.7 Å². The first-order valence-electron chi connectivity index (χ1n) is 12.7. The van der Waals surface area contributed by atoms with Gasteiger partial charge in [0, 0.05) is 23.3 Å². The standard InChI is InChI=1S/C31H30ClN3O2/c1-3-4-18-33(31(37)23-14-16-25(32)17-15-23)21-29(36)35-27-12-6-5-11-26(27)34-19-8-13-28(34)30(35)24-10-7-9-22(2)20-24/h5-17,19-20,30H,3-4,18,21H2,1-2H3. The molecule has 0 radical (unpaired) electrons. The number of amides is 2. The van der Waals surface area contributed by atoms with Crippen molar-refractivity contribution in [3.05, 3.63) is 119 Å². The number of benzene rings is 3. The van der Waals surface area contributed by atoms with Gasteiger partial charge < -0.3 is 9.47 Å². The molecule has 1 unspecified atom stereocenters. The van der Waals surface area contributed by atoms with Crippen LogP contribution in [0.2, 0.25) is 5.02 Å². The van der Waals surface area contributed by atoms with Crippen LogP contribution in [0.4, 0.5) is 5.69 Å². The molecule has 188 valence electrons. The molecule has 0 N–H and O–H groups in total. The van der Waals surface area contributed by atoms with Crippen molar-refractivity contribution in [3.63, 3.8) is 0 Å². The number of fused-ring (bicyclic) bond motifs is 3. The van der Waals surface area contributed by atoms with Gasteiger partial charge >= 0.3 is 0 Å². The summed E-state index contributed by atoms with van der Waals surface area (Å²) in [7, 11) is 0. The van der Waals surface area contributed by atoms with Crippen LogP contribution in [0.5, 0.6) is 0 Å². The van der Waals surface area contributed by atoms with Crippen molar-refractivity contribution in [2.75, 3.05) is 18.0 Å². The quantitative estimate of drug-likeness (QED) is 0.273. The number of para-hydroxylation sites is 2. The topological polar surface area (TPSA) is 45.6 Å². The van der Waals surface area contributed by atoms with E-state index in [2.05, 4.69) is 42.7 Å². The van der Waals surface area contributed by atoms with Gasteiger partial charge in [0.25, 0.3) is 5.91 Å². The summed E-state index contributed by atoms with van der Waals surface area (Å²) in [4.78, 5) is 31.2. The minimum Gasteiger partial charge on any atom is -0.329 e. The Morgan fingerprint density at radius 2 is 1.68 bits per heavy atom. The summed E-state index contributed by atoms with van der Waals surface area (Å²) in [6.07, 6.45) is 3.77. The van der Waals surface area contributed by atoms with Crippen LogP contribution in [0.25, 0.3) is 5.69 Å². The Morgan fingerprint density at radius 3 is 2.41 bits per heavy atom. The fraction of sp³-hybridized carbons (Fsp3) is 0.226. The number of carbonyl (C=O) groups is 2. The van der Waals surface area contributed by atoms with E-state index in [0.717, 1.165) is 41.0 Å². The minimum atomic E-state index is -0.309. The molecule has 1 atom stereocenters. The third-order valence-corrected chi connectivity index (χ3v) is 7.08. The number of hydrogen-bond donors (Lipinski definition) is 0. The second-order valence-electron chi connectivity index (χ2n) is 9.46. The van der Waals surface area contributed by atoms with Gasteiger partial charge in [0.2, 0.25) is 5.91 Å². The molecule has 2 amide bonds. The van der Waals surface area contributed by atoms with Gasteiger partial charge in [0.05, 0.1) is 17.1 Å². The van der Waals surface area contributed by atoms with Crippen LogP contribution in [0.1, 0.15) is 53.0 Å². The second-order valence-corrected chi connectivity index (χ2v) is 9.90. The van der Waals surface area contributed by atoms with Crippen LogP contribution < -0.4 is 4.90 Å². The highest BCUT2D eigenvalue weighted by atomic mass is 35.5. The molecule has 0 spiro atoms. The molecule has 6 heteroatoms. The fourth-order valence-corrected chi connectivity index (χ4v) is 5.16. The second kappa shape index (κ2) is 10.7. The molecule has 2 heterocycles. The van der Waals surface area contributed by atoms with E-state index < -0.39 is 0 Å². The monoisotopic (exact) mass is 511 g/mol. The number of aryl methyl sites for hydroxylation is 1. The summed E-state index contributed by atoms with van der Waals surface area (Å²) in [5, 5.41) is 0.571. The van der Waals surface area contributed by atoms with E-state index in [9.17, 15) is 9.59 Å². The molecule has 4 aromatic rings. The average molecular weight is 512 g/mol. The summed E-state index contributed by atoms with van der Waals surface area (Å²) in [6, 6.07) is 26.8. The highest BCUT2D eigenvalue weighted by Crippen LogP contribution is 2.42. The third-order valence-electron chi connectivity index (χ3n) is 6.83. The van der Waals surface area contributed by atoms with Gasteiger partial charge in [-0.2, -0.15) is 0 Å². The van der Waals surface area contributed by atoms with Crippen molar-refractivity contribution in [3.8, 4) is 5.69 Å². The zero-order valence-electron chi connectivity index (χ0n) is 21.1. The van der Waals surface area contributed by atoms with E-state index in [4.69, 9.17) is 11.6 Å². The lowest BCUT2D eigenvalue weighted by Crippen LogP contribution is -2.47. The smallest absolute Gasteiger partial charge is 0.254 e. The molecule has 3 aromatic carbocycles. The maximum atomic E-state index is 14.2. The molecule has 1 aromatic heterocycles. The maximum Gasteiger partial charge on any atom is 0.254 e. The molecule has 5 nitrogen and oxygen atoms in total. The van der Waals surface area contributed by atoms with E-state index >= 15 is 0 Å². The Labute approximate surface area is 222 Å². The van der Waals surface area contributed by atoms with E-state index in [0.29, 0.717) is 17.1 Å². The molecule has 1 aliphatic heterocycles. The van der Waals surface area contributed by atoms with Crippen LogP contribution >= 0.6 is 11.6 Å². The Kier molecular flexibility index (Phi) is 7.15. The molecule has 0 fully saturated rings. The summed E-state index contributed by atoms with van der Waals surface area (Å²) in [6.45, 7) is 4.63. The van der Waals surface area contributed by atoms with Crippen LogP contribution in [-0.2, 0) is 4.79 Å². The number of hydrogen-bond acceptors (Lipinski definition) is 2. The number of rotatable bonds is 7. The average Bonchev–Trinajstić information content (AvgIpc) is 3.40. The maximum absolute atomic E-state index is 14.2. The molecule has 1 aliphatic rings. The van der Waals surface area contributed by atoms with Crippen LogP contribution in [-0.4, -0.2) is 34.4 Å². The minimum absolute atomic E-state index is 0.0151. The molecule has 5 rings (SSSR count). The highest BCUT2D eigenvalue weighted by molar-refractivity contribution is 6.30. The zero-order chi connectivity index (χ0) is 25.9. The first kappa shape index (κ1) is 24.8. The number of nitrogens with zero attached hydrogens (tertiary/aromatic N) is 3. The normalized spacial score (nSPS) is 14.1. The van der Waals surface area contributed by atoms with Crippen molar-refractivity contribution in [1.82, 2.24) is 9.47 Å². The fourth-order valence-electron chi connectivity index (χ4n) is 5.03. The van der Waals surface area contributed by atoms with Crippen LogP contribution in [0.3, 0.4) is 0 Å². The Hall–Kier alpha value is -3.83. The number of halogens is 1. The summed E-state index contributed by atoms with van der Waals surface area (Å²) >= 11 is 6.04. The predicted molar refractivity (Wildman–Crippen MR) is 149 cm³/mol. The molecular weight excluding hydrogens is 482 g/mol. The van der Waals surface area contributed by atoms with E-state index in [1.54, 1.807) is 29.2 Å². The number of unbranched alkanes of at least 4 members (excludes halogenated alkanes) is 1. The number of carbonyl (C=O) groups excluding carboxylic acids is 2.